The first-order valence-electron chi connectivity index (χ1n) is 9.24. The number of carbonyl (C=O) groups is 1. The number of rotatable bonds is 5. The molecule has 9 nitrogen and oxygen atoms in total. The molecule has 0 aliphatic heterocycles. The highest BCUT2D eigenvalue weighted by molar-refractivity contribution is 7.91. The SMILES string of the molecule is CCS(=O)(=O)c1cc(NC(=O)C2CC2)cnc1-n1nc2ccc(C(F)(F)F)cn2c1=O. The van der Waals surface area contributed by atoms with Gasteiger partial charge in [-0.15, -0.1) is 5.10 Å². The van der Waals surface area contributed by atoms with Crippen molar-refractivity contribution in [2.45, 2.75) is 30.8 Å². The zero-order chi connectivity index (χ0) is 22.6. The van der Waals surface area contributed by atoms with E-state index in [2.05, 4.69) is 15.4 Å². The molecule has 0 atom stereocenters. The summed E-state index contributed by atoms with van der Waals surface area (Å²) in [5.74, 6) is -1.09. The molecule has 0 radical (unpaired) electrons. The maximum atomic E-state index is 13.0. The number of amides is 1. The van der Waals surface area contributed by atoms with Gasteiger partial charge in [-0.2, -0.15) is 17.9 Å². The third-order valence-corrected chi connectivity index (χ3v) is 6.54. The molecule has 3 aromatic heterocycles. The molecule has 164 valence electrons. The fraction of sp³-hybridized carbons (Fsp3) is 0.333. The lowest BCUT2D eigenvalue weighted by atomic mass is 10.3. The summed E-state index contributed by atoms with van der Waals surface area (Å²) in [6.07, 6.45) is -1.44. The summed E-state index contributed by atoms with van der Waals surface area (Å²) >= 11 is 0. The summed E-state index contributed by atoms with van der Waals surface area (Å²) in [5, 5.41) is 6.51. The molecule has 1 aliphatic carbocycles. The normalized spacial score (nSPS) is 14.7. The van der Waals surface area contributed by atoms with Gasteiger partial charge in [0.15, 0.2) is 21.3 Å². The number of carbonyl (C=O) groups excluding carboxylic acids is 1. The first-order valence-corrected chi connectivity index (χ1v) is 10.9. The minimum atomic E-state index is -4.67. The number of aromatic nitrogens is 4. The zero-order valence-corrected chi connectivity index (χ0v) is 16.9. The van der Waals surface area contributed by atoms with Gasteiger partial charge in [-0.1, -0.05) is 6.92 Å². The van der Waals surface area contributed by atoms with E-state index in [-0.39, 0.29) is 39.6 Å². The smallest absolute Gasteiger partial charge is 0.324 e. The van der Waals surface area contributed by atoms with Crippen molar-refractivity contribution in [2.75, 3.05) is 11.1 Å². The van der Waals surface area contributed by atoms with Crippen LogP contribution in [0.15, 0.2) is 40.3 Å². The standard InChI is InChI=1S/C18H16F3N5O4S/c1-2-31(29,30)13-7-12(23-16(27)10-3-4-10)8-22-15(13)26-17(28)25-9-11(18(19,20)21)5-6-14(25)24-26/h5-10H,2-4H2,1H3,(H,23,27). The second-order valence-electron chi connectivity index (χ2n) is 7.05. The zero-order valence-electron chi connectivity index (χ0n) is 16.0. The lowest BCUT2D eigenvalue weighted by Crippen LogP contribution is -2.24. The summed E-state index contributed by atoms with van der Waals surface area (Å²) in [4.78, 5) is 28.3. The Labute approximate surface area is 173 Å². The molecule has 1 fully saturated rings. The Bertz CT molecular complexity index is 1360. The van der Waals surface area contributed by atoms with Crippen molar-refractivity contribution in [1.82, 2.24) is 19.2 Å². The van der Waals surface area contributed by atoms with Crippen LogP contribution in [-0.2, 0) is 20.8 Å². The van der Waals surface area contributed by atoms with Gasteiger partial charge in [0.2, 0.25) is 5.91 Å². The van der Waals surface area contributed by atoms with Crippen molar-refractivity contribution in [3.8, 4) is 5.82 Å². The molecule has 1 aliphatic rings. The van der Waals surface area contributed by atoms with Crippen molar-refractivity contribution in [3.05, 3.63) is 46.6 Å². The Balaban J connectivity index is 1.86. The van der Waals surface area contributed by atoms with Crippen LogP contribution in [0.4, 0.5) is 18.9 Å². The number of fused-ring (bicyclic) bond motifs is 1. The van der Waals surface area contributed by atoms with E-state index in [1.807, 2.05) is 0 Å². The molecule has 31 heavy (non-hydrogen) atoms. The Morgan fingerprint density at radius 1 is 1.29 bits per heavy atom. The lowest BCUT2D eigenvalue weighted by molar-refractivity contribution is -0.137. The Hall–Kier alpha value is -3.22. The van der Waals surface area contributed by atoms with Crippen LogP contribution in [0.25, 0.3) is 11.5 Å². The molecule has 1 amide bonds. The van der Waals surface area contributed by atoms with Gasteiger partial charge in [0.25, 0.3) is 0 Å². The largest absolute Gasteiger partial charge is 0.417 e. The highest BCUT2D eigenvalue weighted by atomic mass is 32.2. The molecule has 0 bridgehead atoms. The minimum Gasteiger partial charge on any atom is -0.324 e. The number of nitrogens with one attached hydrogen (secondary N) is 1. The fourth-order valence-electron chi connectivity index (χ4n) is 2.92. The quantitative estimate of drug-likeness (QED) is 0.630. The van der Waals surface area contributed by atoms with Crippen LogP contribution in [0.1, 0.15) is 25.3 Å². The summed E-state index contributed by atoms with van der Waals surface area (Å²) < 4.78 is 65.5. The van der Waals surface area contributed by atoms with Crippen LogP contribution >= 0.6 is 0 Å². The Kier molecular flexibility index (Phi) is 4.87. The maximum Gasteiger partial charge on any atom is 0.417 e. The lowest BCUT2D eigenvalue weighted by Gasteiger charge is -2.10. The number of alkyl halides is 3. The van der Waals surface area contributed by atoms with Gasteiger partial charge in [0.1, 0.15) is 4.90 Å². The van der Waals surface area contributed by atoms with Crippen molar-refractivity contribution in [1.29, 1.82) is 0 Å². The average Bonchev–Trinajstić information content (AvgIpc) is 3.52. The molecule has 3 heterocycles. The van der Waals surface area contributed by atoms with Crippen molar-refractivity contribution in [3.63, 3.8) is 0 Å². The van der Waals surface area contributed by atoms with Gasteiger partial charge in [0.05, 0.1) is 23.2 Å². The number of sulfone groups is 1. The minimum absolute atomic E-state index is 0.120. The number of hydrogen-bond donors (Lipinski definition) is 1. The van der Waals surface area contributed by atoms with Gasteiger partial charge < -0.3 is 5.32 Å². The van der Waals surface area contributed by atoms with Crippen LogP contribution in [0, 0.1) is 5.92 Å². The van der Waals surface area contributed by atoms with E-state index in [1.54, 1.807) is 0 Å². The molecule has 0 unspecified atom stereocenters. The first kappa shape index (κ1) is 21.0. The second kappa shape index (κ2) is 7.18. The van der Waals surface area contributed by atoms with E-state index >= 15 is 0 Å². The molecule has 1 N–H and O–H groups in total. The summed E-state index contributed by atoms with van der Waals surface area (Å²) in [5.41, 5.74) is -2.07. The number of anilines is 1. The third-order valence-electron chi connectivity index (χ3n) is 4.81. The number of pyridine rings is 2. The monoisotopic (exact) mass is 455 g/mol. The highest BCUT2D eigenvalue weighted by Gasteiger charge is 2.32. The molecule has 13 heteroatoms. The van der Waals surface area contributed by atoms with E-state index in [1.165, 1.54) is 19.2 Å². The molecule has 0 saturated heterocycles. The first-order chi connectivity index (χ1) is 14.5. The van der Waals surface area contributed by atoms with E-state index in [9.17, 15) is 31.2 Å². The van der Waals surface area contributed by atoms with Crippen LogP contribution in [0.3, 0.4) is 0 Å². The summed E-state index contributed by atoms with van der Waals surface area (Å²) in [6.45, 7) is 1.39. The Morgan fingerprint density at radius 3 is 2.61 bits per heavy atom. The van der Waals surface area contributed by atoms with Gasteiger partial charge in [-0.25, -0.2) is 22.6 Å². The molecule has 4 rings (SSSR count). The summed E-state index contributed by atoms with van der Waals surface area (Å²) in [6, 6.07) is 2.93. The number of nitrogens with zero attached hydrogens (tertiary/aromatic N) is 4. The Morgan fingerprint density at radius 2 is 2.00 bits per heavy atom. The van der Waals surface area contributed by atoms with E-state index in [4.69, 9.17) is 0 Å². The molecule has 1 saturated carbocycles. The van der Waals surface area contributed by atoms with Crippen LogP contribution in [0.2, 0.25) is 0 Å². The van der Waals surface area contributed by atoms with Gasteiger partial charge in [-0.3, -0.25) is 4.79 Å². The van der Waals surface area contributed by atoms with E-state index in [0.29, 0.717) is 15.3 Å². The van der Waals surface area contributed by atoms with Crippen LogP contribution < -0.4 is 11.0 Å². The molecular formula is C18H16F3N5O4S. The molecule has 0 aromatic carbocycles. The fourth-order valence-corrected chi connectivity index (χ4v) is 3.95. The van der Waals surface area contributed by atoms with Crippen molar-refractivity contribution >= 4 is 27.1 Å². The molecule has 3 aromatic rings. The highest BCUT2D eigenvalue weighted by Crippen LogP contribution is 2.31. The molecular weight excluding hydrogens is 439 g/mol. The van der Waals surface area contributed by atoms with E-state index < -0.39 is 27.3 Å². The molecule has 0 spiro atoms. The summed E-state index contributed by atoms with van der Waals surface area (Å²) in [7, 11) is -3.93. The van der Waals surface area contributed by atoms with Crippen molar-refractivity contribution in [2.24, 2.45) is 5.92 Å². The van der Waals surface area contributed by atoms with Crippen LogP contribution in [-0.4, -0.2) is 39.2 Å². The maximum absolute atomic E-state index is 13.0. The van der Waals surface area contributed by atoms with Gasteiger partial charge >= 0.3 is 11.9 Å². The number of hydrogen-bond acceptors (Lipinski definition) is 6. The van der Waals surface area contributed by atoms with Gasteiger partial charge in [-0.05, 0) is 31.0 Å². The predicted molar refractivity (Wildman–Crippen MR) is 103 cm³/mol. The third kappa shape index (κ3) is 3.92. The predicted octanol–water partition coefficient (Wildman–Crippen LogP) is 2.04. The van der Waals surface area contributed by atoms with E-state index in [0.717, 1.165) is 25.0 Å². The number of halogens is 3. The second-order valence-corrected chi connectivity index (χ2v) is 9.30. The topological polar surface area (TPSA) is 115 Å². The average molecular weight is 455 g/mol. The van der Waals surface area contributed by atoms with Crippen LogP contribution in [0.5, 0.6) is 0 Å². The van der Waals surface area contributed by atoms with Crippen molar-refractivity contribution < 1.29 is 26.4 Å². The van der Waals surface area contributed by atoms with Gasteiger partial charge in [0, 0.05) is 12.1 Å².